The Morgan fingerprint density at radius 2 is 1.67 bits per heavy atom. The van der Waals surface area contributed by atoms with Gasteiger partial charge < -0.3 is 4.90 Å². The van der Waals surface area contributed by atoms with Gasteiger partial charge in [-0.15, -0.1) is 0 Å². The second kappa shape index (κ2) is 4.85. The van der Waals surface area contributed by atoms with Crippen molar-refractivity contribution in [2.75, 3.05) is 14.1 Å². The number of ketones is 2. The van der Waals surface area contributed by atoms with Crippen molar-refractivity contribution in [1.29, 1.82) is 0 Å². The molecule has 15 heavy (non-hydrogen) atoms. The Morgan fingerprint density at radius 1 is 1.13 bits per heavy atom. The van der Waals surface area contributed by atoms with Crippen molar-refractivity contribution in [2.24, 2.45) is 4.99 Å². The molecule has 1 heterocycles. The molecule has 0 bridgehead atoms. The van der Waals surface area contributed by atoms with E-state index in [1.807, 2.05) is 19.0 Å². The first-order valence-corrected chi connectivity index (χ1v) is 6.45. The Hall–Kier alpha value is -0.750. The van der Waals surface area contributed by atoms with Gasteiger partial charge in [0.05, 0.1) is 5.57 Å². The Bertz CT molecular complexity index is 356. The van der Waals surface area contributed by atoms with Gasteiger partial charge in [0.25, 0.3) is 0 Å². The van der Waals surface area contributed by atoms with Crippen LogP contribution in [0.2, 0.25) is 0 Å². The lowest BCUT2D eigenvalue weighted by atomic mass is 10.1. The van der Waals surface area contributed by atoms with Crippen LogP contribution in [0.3, 0.4) is 0 Å². The van der Waals surface area contributed by atoms with Gasteiger partial charge in [0.2, 0.25) is 0 Å². The molecule has 0 saturated heterocycles. The summed E-state index contributed by atoms with van der Waals surface area (Å²) in [5, 5.41) is 1.32. The third kappa shape index (κ3) is 2.85. The van der Waals surface area contributed by atoms with Gasteiger partial charge in [-0.05, 0) is 35.4 Å². The van der Waals surface area contributed by atoms with Crippen molar-refractivity contribution in [3.8, 4) is 0 Å². The van der Waals surface area contributed by atoms with Crippen molar-refractivity contribution in [3.63, 3.8) is 0 Å². The zero-order valence-corrected chi connectivity index (χ0v) is 10.7. The first-order valence-electron chi connectivity index (χ1n) is 4.30. The minimum atomic E-state index is -0.227. The summed E-state index contributed by atoms with van der Waals surface area (Å²) in [6.45, 7) is 2.77. The number of aliphatic imine (C=N–C) groups is 1. The summed E-state index contributed by atoms with van der Waals surface area (Å²) in [5.41, 5.74) is 0.198. The molecule has 82 valence electrons. The molecule has 0 N–H and O–H groups in total. The van der Waals surface area contributed by atoms with Gasteiger partial charge in [-0.25, -0.2) is 4.99 Å². The maximum Gasteiger partial charge on any atom is 0.175 e. The van der Waals surface area contributed by atoms with Crippen LogP contribution in [-0.2, 0) is 9.59 Å². The minimum Gasteiger partial charge on any atom is -0.357 e. The molecule has 0 saturated carbocycles. The van der Waals surface area contributed by atoms with Gasteiger partial charge in [-0.2, -0.15) is 0 Å². The number of carbonyl (C=O) groups is 2. The molecule has 0 atom stereocenters. The van der Waals surface area contributed by atoms with Crippen LogP contribution < -0.4 is 0 Å². The average Bonchev–Trinajstić information content (AvgIpc) is 2.51. The largest absolute Gasteiger partial charge is 0.357 e. The van der Waals surface area contributed by atoms with Crippen molar-refractivity contribution >= 4 is 38.3 Å². The summed E-state index contributed by atoms with van der Waals surface area (Å²) in [5.74, 6) is -0.455. The van der Waals surface area contributed by atoms with Crippen molar-refractivity contribution in [1.82, 2.24) is 4.90 Å². The topological polar surface area (TPSA) is 49.7 Å². The summed E-state index contributed by atoms with van der Waals surface area (Å²) in [6, 6.07) is 0. The van der Waals surface area contributed by atoms with Crippen LogP contribution in [0.15, 0.2) is 15.6 Å². The van der Waals surface area contributed by atoms with Crippen LogP contribution in [0.25, 0.3) is 0 Å². The van der Waals surface area contributed by atoms with Gasteiger partial charge in [-0.1, -0.05) is 0 Å². The third-order valence-electron chi connectivity index (χ3n) is 1.69. The molecule has 0 aromatic carbocycles. The minimum absolute atomic E-state index is 0.198. The molecule has 0 aromatic rings. The lowest BCUT2D eigenvalue weighted by molar-refractivity contribution is -0.119. The highest BCUT2D eigenvalue weighted by atomic mass is 33.1. The Morgan fingerprint density at radius 3 is 2.00 bits per heavy atom. The molecule has 0 amide bonds. The van der Waals surface area contributed by atoms with E-state index < -0.39 is 0 Å². The van der Waals surface area contributed by atoms with Crippen LogP contribution in [0.4, 0.5) is 0 Å². The van der Waals surface area contributed by atoms with Crippen LogP contribution in [0, 0.1) is 0 Å². The molecule has 0 aromatic heterocycles. The van der Waals surface area contributed by atoms with Crippen molar-refractivity contribution in [3.05, 3.63) is 10.6 Å². The summed E-state index contributed by atoms with van der Waals surface area (Å²) < 4.78 is 0. The number of Topliss-reactive ketones (excluding diaryl/α,β-unsaturated/α-hetero) is 2. The highest BCUT2D eigenvalue weighted by Gasteiger charge is 2.23. The molecule has 0 aliphatic carbocycles. The Labute approximate surface area is 96.6 Å². The van der Waals surface area contributed by atoms with Gasteiger partial charge in [-0.3, -0.25) is 9.59 Å². The molecular weight excluding hydrogens is 232 g/mol. The van der Waals surface area contributed by atoms with E-state index >= 15 is 0 Å². The van der Waals surface area contributed by atoms with Gasteiger partial charge >= 0.3 is 0 Å². The predicted octanol–water partition coefficient (Wildman–Crippen LogP) is 1.69. The zero-order chi connectivity index (χ0) is 11.6. The smallest absolute Gasteiger partial charge is 0.175 e. The second-order valence-corrected chi connectivity index (χ2v) is 5.33. The van der Waals surface area contributed by atoms with E-state index in [0.29, 0.717) is 5.03 Å². The lowest BCUT2D eigenvalue weighted by Gasteiger charge is -2.07. The lowest BCUT2D eigenvalue weighted by Crippen LogP contribution is -2.16. The van der Waals surface area contributed by atoms with Crippen LogP contribution in [0.1, 0.15) is 13.8 Å². The Balaban J connectivity index is 3.10. The van der Waals surface area contributed by atoms with Crippen molar-refractivity contribution in [2.45, 2.75) is 13.8 Å². The van der Waals surface area contributed by atoms with Gasteiger partial charge in [0.15, 0.2) is 16.7 Å². The van der Waals surface area contributed by atoms with E-state index in [-0.39, 0.29) is 17.1 Å². The average molecular weight is 244 g/mol. The fraction of sp³-hybridized carbons (Fsp3) is 0.444. The standard InChI is InChI=1S/C9H12N2O2S2/c1-5(12)7(6(2)13)8-10-9(11(3)4)15-14-8/h1-4H3. The monoisotopic (exact) mass is 244 g/mol. The first-order chi connectivity index (χ1) is 6.93. The summed E-state index contributed by atoms with van der Waals surface area (Å²) in [4.78, 5) is 28.6. The second-order valence-electron chi connectivity index (χ2n) is 3.25. The summed E-state index contributed by atoms with van der Waals surface area (Å²) in [7, 11) is 6.55. The molecule has 1 aliphatic heterocycles. The molecule has 0 radical (unpaired) electrons. The first kappa shape index (κ1) is 12.3. The van der Waals surface area contributed by atoms with E-state index in [1.54, 1.807) is 0 Å². The quantitative estimate of drug-likeness (QED) is 0.320. The van der Waals surface area contributed by atoms with Crippen LogP contribution in [-0.4, -0.2) is 35.7 Å². The fourth-order valence-electron chi connectivity index (χ4n) is 1.02. The van der Waals surface area contributed by atoms with E-state index in [9.17, 15) is 9.59 Å². The third-order valence-corrected chi connectivity index (χ3v) is 4.01. The van der Waals surface area contributed by atoms with Crippen LogP contribution >= 0.6 is 21.6 Å². The molecule has 0 unspecified atom stereocenters. The van der Waals surface area contributed by atoms with Crippen molar-refractivity contribution < 1.29 is 9.59 Å². The van der Waals surface area contributed by atoms with Gasteiger partial charge in [0.1, 0.15) is 5.03 Å². The number of carbonyl (C=O) groups excluding carboxylic acids is 2. The highest BCUT2D eigenvalue weighted by molar-refractivity contribution is 8.84. The normalized spacial score (nSPS) is 14.9. The SMILES string of the molecule is CC(=O)C(C(C)=O)=C1N=C(N(C)C)SS1. The molecule has 0 spiro atoms. The summed E-state index contributed by atoms with van der Waals surface area (Å²) >= 11 is 0. The Kier molecular flexibility index (Phi) is 3.98. The fourth-order valence-corrected chi connectivity index (χ4v) is 3.39. The van der Waals surface area contributed by atoms with E-state index in [0.717, 1.165) is 5.17 Å². The maximum absolute atomic E-state index is 11.3. The zero-order valence-electron chi connectivity index (χ0n) is 9.03. The van der Waals surface area contributed by atoms with E-state index in [2.05, 4.69) is 4.99 Å². The molecule has 0 fully saturated rings. The molecule has 1 aliphatic rings. The number of nitrogens with zero attached hydrogens (tertiary/aromatic N) is 2. The molecule has 1 rings (SSSR count). The number of amidine groups is 1. The number of allylic oxidation sites excluding steroid dienone is 1. The summed E-state index contributed by atoms with van der Waals surface area (Å²) in [6.07, 6.45) is 0. The molecular formula is C9H12N2O2S2. The number of hydrogen-bond donors (Lipinski definition) is 0. The number of hydrogen-bond acceptors (Lipinski definition) is 6. The number of rotatable bonds is 2. The van der Waals surface area contributed by atoms with E-state index in [4.69, 9.17) is 0 Å². The van der Waals surface area contributed by atoms with Gasteiger partial charge in [0, 0.05) is 14.1 Å². The predicted molar refractivity (Wildman–Crippen MR) is 64.7 cm³/mol. The van der Waals surface area contributed by atoms with Crippen LogP contribution in [0.5, 0.6) is 0 Å². The highest BCUT2D eigenvalue weighted by Crippen LogP contribution is 2.41. The maximum atomic E-state index is 11.3. The molecule has 6 heteroatoms. The van der Waals surface area contributed by atoms with E-state index in [1.165, 1.54) is 35.4 Å². The molecule has 4 nitrogen and oxygen atoms in total.